The number of aromatic nitrogens is 1. The highest BCUT2D eigenvalue weighted by atomic mass is 35.5. The molecule has 2 heterocycles. The number of hydrogen-bond donors (Lipinski definition) is 2. The van der Waals surface area contributed by atoms with Crippen molar-refractivity contribution in [2.24, 2.45) is 5.92 Å². The molecule has 0 bridgehead atoms. The lowest BCUT2D eigenvalue weighted by Gasteiger charge is -2.20. The van der Waals surface area contributed by atoms with Crippen molar-refractivity contribution < 1.29 is 9.59 Å². The SMILES string of the molecule is O=C1CC[C@H](C(=O)Nc2ncc(Cc3cccc(Cl)c3Cl)s2)CN1. The summed E-state index contributed by atoms with van der Waals surface area (Å²) in [5.41, 5.74) is 0.917. The number of benzene rings is 1. The lowest BCUT2D eigenvalue weighted by Crippen LogP contribution is -2.40. The molecule has 2 N–H and O–H groups in total. The number of hydrogen-bond acceptors (Lipinski definition) is 4. The molecule has 1 aromatic heterocycles. The summed E-state index contributed by atoms with van der Waals surface area (Å²) in [6.45, 7) is 0.376. The van der Waals surface area contributed by atoms with E-state index in [1.165, 1.54) is 11.3 Å². The molecule has 1 aliphatic rings. The van der Waals surface area contributed by atoms with Crippen LogP contribution in [0, 0.1) is 5.92 Å². The first-order chi connectivity index (χ1) is 11.5. The van der Waals surface area contributed by atoms with Crippen LogP contribution < -0.4 is 10.6 Å². The Bertz CT molecular complexity index is 768. The molecule has 8 heteroatoms. The number of nitrogens with zero attached hydrogens (tertiary/aromatic N) is 1. The van der Waals surface area contributed by atoms with Crippen molar-refractivity contribution >= 4 is 51.5 Å². The predicted octanol–water partition coefficient (Wildman–Crippen LogP) is 3.51. The van der Waals surface area contributed by atoms with Gasteiger partial charge in [0.05, 0.1) is 16.0 Å². The molecule has 1 fully saturated rings. The Balaban J connectivity index is 1.62. The van der Waals surface area contributed by atoms with Crippen LogP contribution in [0.15, 0.2) is 24.4 Å². The molecule has 24 heavy (non-hydrogen) atoms. The van der Waals surface area contributed by atoms with Gasteiger partial charge in [-0.15, -0.1) is 11.3 Å². The standard InChI is InChI=1S/C16H15Cl2N3O2S/c17-12-3-1-2-9(14(12)18)6-11-8-20-16(24-11)21-15(23)10-4-5-13(22)19-7-10/h1-3,8,10H,4-7H2,(H,19,22)(H,20,21,23)/t10-/m0/s1. The van der Waals surface area contributed by atoms with Crippen LogP contribution in [-0.4, -0.2) is 23.3 Å². The molecule has 1 aliphatic heterocycles. The quantitative estimate of drug-likeness (QED) is 0.848. The van der Waals surface area contributed by atoms with E-state index in [-0.39, 0.29) is 17.7 Å². The number of nitrogens with one attached hydrogen (secondary N) is 2. The molecule has 5 nitrogen and oxygen atoms in total. The highest BCUT2D eigenvalue weighted by Crippen LogP contribution is 2.29. The molecule has 2 aromatic rings. The van der Waals surface area contributed by atoms with E-state index in [0.29, 0.717) is 41.0 Å². The summed E-state index contributed by atoms with van der Waals surface area (Å²) in [7, 11) is 0. The Hall–Kier alpha value is -1.63. The predicted molar refractivity (Wildman–Crippen MR) is 95.7 cm³/mol. The van der Waals surface area contributed by atoms with E-state index in [1.54, 1.807) is 12.3 Å². The van der Waals surface area contributed by atoms with Gasteiger partial charge in [-0.25, -0.2) is 4.98 Å². The van der Waals surface area contributed by atoms with Crippen LogP contribution in [0.2, 0.25) is 10.0 Å². The average Bonchev–Trinajstić information content (AvgIpc) is 2.99. The van der Waals surface area contributed by atoms with Gasteiger partial charge in [0.1, 0.15) is 0 Å². The first kappa shape index (κ1) is 17.2. The van der Waals surface area contributed by atoms with Crippen LogP contribution >= 0.6 is 34.5 Å². The summed E-state index contributed by atoms with van der Waals surface area (Å²) < 4.78 is 0. The molecule has 0 spiro atoms. The van der Waals surface area contributed by atoms with E-state index >= 15 is 0 Å². The highest BCUT2D eigenvalue weighted by molar-refractivity contribution is 7.15. The van der Waals surface area contributed by atoms with Crippen molar-refractivity contribution in [2.75, 3.05) is 11.9 Å². The summed E-state index contributed by atoms with van der Waals surface area (Å²) in [5.74, 6) is -0.330. The van der Waals surface area contributed by atoms with Gasteiger partial charge in [-0.05, 0) is 18.1 Å². The van der Waals surface area contributed by atoms with Gasteiger partial charge in [0.15, 0.2) is 5.13 Å². The number of piperidine rings is 1. The van der Waals surface area contributed by atoms with Crippen molar-refractivity contribution in [1.82, 2.24) is 10.3 Å². The monoisotopic (exact) mass is 383 g/mol. The fourth-order valence-electron chi connectivity index (χ4n) is 2.48. The largest absolute Gasteiger partial charge is 0.355 e. The fourth-order valence-corrected chi connectivity index (χ4v) is 3.71. The van der Waals surface area contributed by atoms with Crippen molar-refractivity contribution in [3.8, 4) is 0 Å². The average molecular weight is 384 g/mol. The Kier molecular flexibility index (Phi) is 5.38. The summed E-state index contributed by atoms with van der Waals surface area (Å²) in [6, 6.07) is 5.51. The molecule has 1 saturated heterocycles. The third-order valence-corrected chi connectivity index (χ3v) is 5.59. The van der Waals surface area contributed by atoms with Crippen LogP contribution in [0.3, 0.4) is 0 Å². The van der Waals surface area contributed by atoms with Gasteiger partial charge in [-0.2, -0.15) is 0 Å². The van der Waals surface area contributed by atoms with Crippen molar-refractivity contribution in [3.05, 3.63) is 44.9 Å². The summed E-state index contributed by atoms with van der Waals surface area (Å²) in [6.07, 6.45) is 3.27. The molecule has 0 unspecified atom stereocenters. The summed E-state index contributed by atoms with van der Waals surface area (Å²) in [5, 5.41) is 7.13. The van der Waals surface area contributed by atoms with Crippen LogP contribution in [0.1, 0.15) is 23.3 Å². The van der Waals surface area contributed by atoms with Crippen LogP contribution in [0.5, 0.6) is 0 Å². The number of rotatable bonds is 4. The number of anilines is 1. The molecule has 2 amide bonds. The number of carbonyl (C=O) groups excluding carboxylic acids is 2. The molecule has 0 saturated carbocycles. The van der Waals surface area contributed by atoms with Crippen LogP contribution in [0.25, 0.3) is 0 Å². The molecular weight excluding hydrogens is 369 g/mol. The summed E-state index contributed by atoms with van der Waals surface area (Å²) >= 11 is 13.6. The zero-order valence-electron chi connectivity index (χ0n) is 12.6. The lowest BCUT2D eigenvalue weighted by atomic mass is 9.98. The van der Waals surface area contributed by atoms with Gasteiger partial charge in [0.2, 0.25) is 11.8 Å². The highest BCUT2D eigenvalue weighted by Gasteiger charge is 2.25. The minimum absolute atomic E-state index is 0.00557. The third-order valence-electron chi connectivity index (χ3n) is 3.82. The van der Waals surface area contributed by atoms with E-state index in [0.717, 1.165) is 10.4 Å². The molecule has 0 radical (unpaired) electrons. The van der Waals surface area contributed by atoms with E-state index in [4.69, 9.17) is 23.2 Å². The smallest absolute Gasteiger partial charge is 0.231 e. The van der Waals surface area contributed by atoms with E-state index in [2.05, 4.69) is 15.6 Å². The minimum Gasteiger partial charge on any atom is -0.355 e. The zero-order valence-corrected chi connectivity index (χ0v) is 15.0. The van der Waals surface area contributed by atoms with Crippen molar-refractivity contribution in [1.29, 1.82) is 0 Å². The minimum atomic E-state index is -0.211. The molecular formula is C16H15Cl2N3O2S. The Morgan fingerprint density at radius 3 is 3.00 bits per heavy atom. The van der Waals surface area contributed by atoms with Gasteiger partial charge in [0, 0.05) is 30.5 Å². The van der Waals surface area contributed by atoms with E-state index in [1.807, 2.05) is 12.1 Å². The zero-order chi connectivity index (χ0) is 17.1. The Labute approximate surface area is 153 Å². The Morgan fingerprint density at radius 2 is 2.25 bits per heavy atom. The van der Waals surface area contributed by atoms with Crippen LogP contribution in [0.4, 0.5) is 5.13 Å². The van der Waals surface area contributed by atoms with Gasteiger partial charge < -0.3 is 10.6 Å². The maximum atomic E-state index is 12.2. The molecule has 1 aromatic carbocycles. The van der Waals surface area contributed by atoms with Crippen molar-refractivity contribution in [3.63, 3.8) is 0 Å². The van der Waals surface area contributed by atoms with Crippen molar-refractivity contribution in [2.45, 2.75) is 19.3 Å². The second kappa shape index (κ2) is 7.51. The second-order valence-electron chi connectivity index (χ2n) is 5.55. The van der Waals surface area contributed by atoms with Crippen LogP contribution in [-0.2, 0) is 16.0 Å². The van der Waals surface area contributed by atoms with Gasteiger partial charge in [0.25, 0.3) is 0 Å². The fraction of sp³-hybridized carbons (Fsp3) is 0.312. The second-order valence-corrected chi connectivity index (χ2v) is 7.45. The first-order valence-electron chi connectivity index (χ1n) is 7.48. The normalized spacial score (nSPS) is 17.4. The van der Waals surface area contributed by atoms with E-state index in [9.17, 15) is 9.59 Å². The maximum Gasteiger partial charge on any atom is 0.231 e. The number of carbonyl (C=O) groups is 2. The van der Waals surface area contributed by atoms with E-state index < -0.39 is 0 Å². The lowest BCUT2D eigenvalue weighted by molar-refractivity contribution is -0.126. The number of amides is 2. The molecule has 1 atom stereocenters. The topological polar surface area (TPSA) is 71.1 Å². The Morgan fingerprint density at radius 1 is 1.42 bits per heavy atom. The summed E-state index contributed by atoms with van der Waals surface area (Å²) in [4.78, 5) is 28.6. The molecule has 126 valence electrons. The number of halogens is 2. The molecule has 0 aliphatic carbocycles. The van der Waals surface area contributed by atoms with Gasteiger partial charge >= 0.3 is 0 Å². The maximum absolute atomic E-state index is 12.2. The number of thiazole rings is 1. The molecule has 3 rings (SSSR count). The third kappa shape index (κ3) is 4.06. The first-order valence-corrected chi connectivity index (χ1v) is 9.05. The van der Waals surface area contributed by atoms with Gasteiger partial charge in [-0.1, -0.05) is 35.3 Å². The van der Waals surface area contributed by atoms with Gasteiger partial charge in [-0.3, -0.25) is 9.59 Å².